The average molecular weight is 208 g/mol. The first kappa shape index (κ1) is 10.2. The lowest BCUT2D eigenvalue weighted by molar-refractivity contribution is -0.123. The van der Waals surface area contributed by atoms with Crippen molar-refractivity contribution >= 4 is 5.91 Å². The fraction of sp³-hybridized carbons (Fsp3) is 0.545. The molecule has 1 atom stereocenters. The molecule has 2 heterocycles. The van der Waals surface area contributed by atoms with Crippen LogP contribution in [0.15, 0.2) is 22.8 Å². The van der Waals surface area contributed by atoms with Crippen LogP contribution in [0.4, 0.5) is 0 Å². The maximum absolute atomic E-state index is 11.1. The van der Waals surface area contributed by atoms with E-state index in [0.29, 0.717) is 0 Å². The maximum Gasteiger partial charge on any atom is 0.221 e. The van der Waals surface area contributed by atoms with Gasteiger partial charge in [-0.05, 0) is 31.5 Å². The molecule has 1 aromatic rings. The third-order valence-electron chi connectivity index (χ3n) is 2.87. The quantitative estimate of drug-likeness (QED) is 0.805. The summed E-state index contributed by atoms with van der Waals surface area (Å²) in [5.74, 6) is 0.771. The number of nitrogens with two attached hydrogens (primary N) is 1. The number of rotatable bonds is 3. The highest BCUT2D eigenvalue weighted by Crippen LogP contribution is 2.18. The lowest BCUT2D eigenvalue weighted by Crippen LogP contribution is -2.40. The molecule has 15 heavy (non-hydrogen) atoms. The molecule has 1 aliphatic heterocycles. The highest BCUT2D eigenvalue weighted by Gasteiger charge is 2.24. The van der Waals surface area contributed by atoms with Crippen molar-refractivity contribution in [1.29, 1.82) is 0 Å². The summed E-state index contributed by atoms with van der Waals surface area (Å²) in [4.78, 5) is 13.3. The molecule has 1 saturated heterocycles. The van der Waals surface area contributed by atoms with Gasteiger partial charge in [0, 0.05) is 6.54 Å². The predicted molar refractivity (Wildman–Crippen MR) is 55.9 cm³/mol. The number of amides is 1. The Morgan fingerprint density at radius 2 is 2.53 bits per heavy atom. The Kier molecular flexibility index (Phi) is 3.06. The van der Waals surface area contributed by atoms with Gasteiger partial charge in [0.15, 0.2) is 0 Å². The molecule has 4 heteroatoms. The monoisotopic (exact) mass is 208 g/mol. The zero-order chi connectivity index (χ0) is 10.7. The molecule has 2 N–H and O–H groups in total. The third-order valence-corrected chi connectivity index (χ3v) is 2.87. The molecule has 82 valence electrons. The van der Waals surface area contributed by atoms with E-state index in [1.54, 1.807) is 6.26 Å². The van der Waals surface area contributed by atoms with E-state index in [0.717, 1.165) is 38.2 Å². The van der Waals surface area contributed by atoms with Crippen LogP contribution in [0.2, 0.25) is 0 Å². The van der Waals surface area contributed by atoms with Crippen molar-refractivity contribution in [3.8, 4) is 0 Å². The first-order valence-electron chi connectivity index (χ1n) is 5.30. The van der Waals surface area contributed by atoms with Crippen molar-refractivity contribution in [3.63, 3.8) is 0 Å². The summed E-state index contributed by atoms with van der Waals surface area (Å²) in [6, 6.07) is 3.83. The van der Waals surface area contributed by atoms with Crippen LogP contribution >= 0.6 is 0 Å². The molecule has 0 aromatic carbocycles. The molecule has 0 saturated carbocycles. The van der Waals surface area contributed by atoms with Crippen molar-refractivity contribution in [2.45, 2.75) is 19.4 Å². The fourth-order valence-electron chi connectivity index (χ4n) is 2.05. The number of likely N-dealkylation sites (tertiary alicyclic amines) is 1. The summed E-state index contributed by atoms with van der Waals surface area (Å²) in [7, 11) is 0. The molecule has 1 aromatic heterocycles. The second-order valence-electron chi connectivity index (χ2n) is 4.06. The Balaban J connectivity index is 1.90. The van der Waals surface area contributed by atoms with Gasteiger partial charge in [0.05, 0.1) is 18.7 Å². The standard InChI is InChI=1S/C11H16N2O2/c12-11(14)9-3-1-5-13(7-9)8-10-4-2-6-15-10/h2,4,6,9H,1,3,5,7-8H2,(H2,12,14). The van der Waals surface area contributed by atoms with Crippen LogP contribution in [0, 0.1) is 5.92 Å². The molecular weight excluding hydrogens is 192 g/mol. The number of piperidine rings is 1. The summed E-state index contributed by atoms with van der Waals surface area (Å²) in [5, 5.41) is 0. The highest BCUT2D eigenvalue weighted by atomic mass is 16.3. The first-order valence-corrected chi connectivity index (χ1v) is 5.30. The number of furan rings is 1. The lowest BCUT2D eigenvalue weighted by Gasteiger charge is -2.30. The fourth-order valence-corrected chi connectivity index (χ4v) is 2.05. The van der Waals surface area contributed by atoms with E-state index in [2.05, 4.69) is 4.90 Å². The van der Waals surface area contributed by atoms with Gasteiger partial charge in [0.25, 0.3) is 0 Å². The molecule has 1 fully saturated rings. The van der Waals surface area contributed by atoms with Crippen LogP contribution in [0.1, 0.15) is 18.6 Å². The van der Waals surface area contributed by atoms with E-state index in [1.165, 1.54) is 0 Å². The molecule has 0 bridgehead atoms. The van der Waals surface area contributed by atoms with Gasteiger partial charge >= 0.3 is 0 Å². The van der Waals surface area contributed by atoms with Gasteiger partial charge in [-0.2, -0.15) is 0 Å². The molecule has 2 rings (SSSR count). The molecule has 1 unspecified atom stereocenters. The molecule has 1 aliphatic rings. The lowest BCUT2D eigenvalue weighted by atomic mass is 9.97. The molecule has 0 radical (unpaired) electrons. The topological polar surface area (TPSA) is 59.5 Å². The highest BCUT2D eigenvalue weighted by molar-refractivity contribution is 5.76. The Bertz CT molecular complexity index is 321. The van der Waals surface area contributed by atoms with Gasteiger partial charge in [-0.3, -0.25) is 9.69 Å². The number of carbonyl (C=O) groups is 1. The maximum atomic E-state index is 11.1. The number of nitrogens with zero attached hydrogens (tertiary/aromatic N) is 1. The number of carbonyl (C=O) groups excluding carboxylic acids is 1. The van der Waals surface area contributed by atoms with Crippen molar-refractivity contribution < 1.29 is 9.21 Å². The average Bonchev–Trinajstić information content (AvgIpc) is 2.71. The summed E-state index contributed by atoms with van der Waals surface area (Å²) < 4.78 is 5.27. The minimum absolute atomic E-state index is 0.00807. The van der Waals surface area contributed by atoms with Crippen LogP contribution in [0.5, 0.6) is 0 Å². The number of hydrogen-bond donors (Lipinski definition) is 1. The van der Waals surface area contributed by atoms with Gasteiger partial charge in [-0.1, -0.05) is 0 Å². The molecule has 0 aliphatic carbocycles. The Hall–Kier alpha value is -1.29. The van der Waals surface area contributed by atoms with Crippen LogP contribution in [0.25, 0.3) is 0 Å². The van der Waals surface area contributed by atoms with E-state index in [9.17, 15) is 4.79 Å². The van der Waals surface area contributed by atoms with E-state index in [4.69, 9.17) is 10.2 Å². The van der Waals surface area contributed by atoms with Crippen LogP contribution in [-0.2, 0) is 11.3 Å². The Labute approximate surface area is 89.0 Å². The van der Waals surface area contributed by atoms with E-state index in [1.807, 2.05) is 12.1 Å². The van der Waals surface area contributed by atoms with Crippen molar-refractivity contribution in [2.24, 2.45) is 11.7 Å². The van der Waals surface area contributed by atoms with Crippen LogP contribution in [0.3, 0.4) is 0 Å². The Morgan fingerprint density at radius 3 is 3.20 bits per heavy atom. The summed E-state index contributed by atoms with van der Waals surface area (Å²) in [6.45, 7) is 2.55. The van der Waals surface area contributed by atoms with Crippen molar-refractivity contribution in [2.75, 3.05) is 13.1 Å². The molecule has 4 nitrogen and oxygen atoms in total. The van der Waals surface area contributed by atoms with Gasteiger partial charge in [-0.25, -0.2) is 0 Å². The van der Waals surface area contributed by atoms with Crippen LogP contribution in [-0.4, -0.2) is 23.9 Å². The number of hydrogen-bond acceptors (Lipinski definition) is 3. The van der Waals surface area contributed by atoms with E-state index in [-0.39, 0.29) is 11.8 Å². The predicted octanol–water partition coefficient (Wildman–Crippen LogP) is 0.977. The van der Waals surface area contributed by atoms with Gasteiger partial charge in [-0.15, -0.1) is 0 Å². The smallest absolute Gasteiger partial charge is 0.221 e. The summed E-state index contributed by atoms with van der Waals surface area (Å²) >= 11 is 0. The SMILES string of the molecule is NC(=O)C1CCCN(Cc2ccco2)C1. The van der Waals surface area contributed by atoms with Crippen LogP contribution < -0.4 is 5.73 Å². The zero-order valence-corrected chi connectivity index (χ0v) is 8.69. The Morgan fingerprint density at radius 1 is 1.67 bits per heavy atom. The number of primary amides is 1. The molecular formula is C11H16N2O2. The minimum Gasteiger partial charge on any atom is -0.468 e. The second-order valence-corrected chi connectivity index (χ2v) is 4.06. The van der Waals surface area contributed by atoms with E-state index >= 15 is 0 Å². The third kappa shape index (κ3) is 2.59. The second kappa shape index (κ2) is 4.49. The van der Waals surface area contributed by atoms with Crippen molar-refractivity contribution in [1.82, 2.24) is 4.90 Å². The molecule has 1 amide bonds. The summed E-state index contributed by atoms with van der Waals surface area (Å²) in [6.07, 6.45) is 3.63. The summed E-state index contributed by atoms with van der Waals surface area (Å²) in [5.41, 5.74) is 5.31. The first-order chi connectivity index (χ1) is 7.25. The minimum atomic E-state index is -0.181. The van der Waals surface area contributed by atoms with Gasteiger partial charge in [0.1, 0.15) is 5.76 Å². The normalized spacial score (nSPS) is 22.8. The van der Waals surface area contributed by atoms with Gasteiger partial charge < -0.3 is 10.2 Å². The molecule has 0 spiro atoms. The van der Waals surface area contributed by atoms with Gasteiger partial charge in [0.2, 0.25) is 5.91 Å². The largest absolute Gasteiger partial charge is 0.468 e. The zero-order valence-electron chi connectivity index (χ0n) is 8.69. The van der Waals surface area contributed by atoms with Crippen molar-refractivity contribution in [3.05, 3.63) is 24.2 Å². The van der Waals surface area contributed by atoms with E-state index < -0.39 is 0 Å².